The molecule has 2 heterocycles. The third kappa shape index (κ3) is 3.79. The molecule has 0 aliphatic carbocycles. The summed E-state index contributed by atoms with van der Waals surface area (Å²) in [5.41, 5.74) is 2.18. The van der Waals surface area contributed by atoms with Gasteiger partial charge in [-0.3, -0.25) is 4.98 Å². The zero-order valence-electron chi connectivity index (χ0n) is 10.5. The van der Waals surface area contributed by atoms with Gasteiger partial charge in [-0.25, -0.2) is 0 Å². The highest BCUT2D eigenvalue weighted by atomic mass is 16.6. The first-order valence-corrected chi connectivity index (χ1v) is 6.55. The van der Waals surface area contributed by atoms with Gasteiger partial charge >= 0.3 is 0 Å². The fourth-order valence-electron chi connectivity index (χ4n) is 2.03. The summed E-state index contributed by atoms with van der Waals surface area (Å²) in [6.07, 6.45) is 4.83. The summed E-state index contributed by atoms with van der Waals surface area (Å²) < 4.78 is 11.1. The Morgan fingerprint density at radius 3 is 3.00 bits per heavy atom. The highest BCUT2D eigenvalue weighted by molar-refractivity contribution is 5.14. The molecular weight excluding hydrogens is 214 g/mol. The average molecular weight is 235 g/mol. The molecule has 17 heavy (non-hydrogen) atoms. The molecule has 1 aromatic heterocycles. The monoisotopic (exact) mass is 235 g/mol. The van der Waals surface area contributed by atoms with Crippen molar-refractivity contribution in [2.45, 2.75) is 38.7 Å². The number of aromatic nitrogens is 1. The maximum atomic E-state index is 5.66. The van der Waals surface area contributed by atoms with E-state index in [-0.39, 0.29) is 6.10 Å². The first kappa shape index (κ1) is 12.5. The Kier molecular flexibility index (Phi) is 4.95. The Labute approximate surface area is 103 Å². The Hall–Kier alpha value is -0.930. The van der Waals surface area contributed by atoms with Crippen molar-refractivity contribution in [1.29, 1.82) is 0 Å². The summed E-state index contributed by atoms with van der Waals surface area (Å²) in [5.74, 6) is 0. The Bertz CT molecular complexity index is 335. The van der Waals surface area contributed by atoms with E-state index in [1.807, 2.05) is 6.07 Å². The van der Waals surface area contributed by atoms with Crippen LogP contribution in [0.5, 0.6) is 0 Å². The molecule has 94 valence electrons. The number of hydrogen-bond acceptors (Lipinski definition) is 3. The van der Waals surface area contributed by atoms with E-state index in [0.717, 1.165) is 12.1 Å². The fourth-order valence-corrected chi connectivity index (χ4v) is 2.03. The Balaban J connectivity index is 1.95. The van der Waals surface area contributed by atoms with E-state index in [1.165, 1.54) is 25.0 Å². The second-order valence-corrected chi connectivity index (χ2v) is 4.45. The smallest absolute Gasteiger partial charge is 0.123 e. The first-order chi connectivity index (χ1) is 8.40. The number of rotatable bonds is 5. The summed E-state index contributed by atoms with van der Waals surface area (Å²) in [6.45, 7) is 4.22. The highest BCUT2D eigenvalue weighted by Crippen LogP contribution is 2.19. The summed E-state index contributed by atoms with van der Waals surface area (Å²) in [6, 6.07) is 6.20. The molecule has 0 saturated carbocycles. The minimum absolute atomic E-state index is 0.0230. The van der Waals surface area contributed by atoms with E-state index in [2.05, 4.69) is 24.0 Å². The van der Waals surface area contributed by atoms with Gasteiger partial charge in [0.2, 0.25) is 0 Å². The zero-order valence-corrected chi connectivity index (χ0v) is 10.5. The van der Waals surface area contributed by atoms with Crippen molar-refractivity contribution >= 4 is 0 Å². The van der Waals surface area contributed by atoms with Crippen LogP contribution in [0.15, 0.2) is 18.2 Å². The lowest BCUT2D eigenvalue weighted by Gasteiger charge is -2.22. The molecule has 0 amide bonds. The van der Waals surface area contributed by atoms with Gasteiger partial charge in [0.05, 0.1) is 25.5 Å². The van der Waals surface area contributed by atoms with Gasteiger partial charge in [0.1, 0.15) is 6.10 Å². The lowest BCUT2D eigenvalue weighted by molar-refractivity contribution is -0.0918. The maximum Gasteiger partial charge on any atom is 0.123 e. The molecule has 0 radical (unpaired) electrons. The topological polar surface area (TPSA) is 31.4 Å². The van der Waals surface area contributed by atoms with Crippen LogP contribution in [0.1, 0.15) is 43.7 Å². The van der Waals surface area contributed by atoms with Gasteiger partial charge in [0.25, 0.3) is 0 Å². The molecule has 1 aliphatic rings. The quantitative estimate of drug-likeness (QED) is 0.735. The van der Waals surface area contributed by atoms with Crippen LogP contribution in [0.3, 0.4) is 0 Å². The molecule has 0 bridgehead atoms. The van der Waals surface area contributed by atoms with Gasteiger partial charge < -0.3 is 9.47 Å². The van der Waals surface area contributed by atoms with Crippen molar-refractivity contribution in [2.24, 2.45) is 0 Å². The fraction of sp³-hybridized carbons (Fsp3) is 0.643. The number of unbranched alkanes of at least 4 members (excludes halogenated alkanes) is 2. The first-order valence-electron chi connectivity index (χ1n) is 6.55. The van der Waals surface area contributed by atoms with Crippen molar-refractivity contribution in [3.05, 3.63) is 29.6 Å². The minimum Gasteiger partial charge on any atom is -0.376 e. The standard InChI is InChI=1S/C14H21NO2/c1-2-3-4-6-12-7-5-8-13(15-12)14-11-16-9-10-17-14/h5,7-8,14H,2-4,6,9-11H2,1H3. The Morgan fingerprint density at radius 1 is 1.29 bits per heavy atom. The molecular formula is C14H21NO2. The Morgan fingerprint density at radius 2 is 2.24 bits per heavy atom. The number of aryl methyl sites for hydroxylation is 1. The summed E-state index contributed by atoms with van der Waals surface area (Å²) in [4.78, 5) is 4.66. The predicted molar refractivity (Wildman–Crippen MR) is 67.0 cm³/mol. The van der Waals surface area contributed by atoms with Crippen molar-refractivity contribution in [1.82, 2.24) is 4.98 Å². The van der Waals surface area contributed by atoms with E-state index >= 15 is 0 Å². The van der Waals surface area contributed by atoms with Crippen molar-refractivity contribution in [3.8, 4) is 0 Å². The molecule has 2 rings (SSSR count). The van der Waals surface area contributed by atoms with Gasteiger partial charge in [-0.1, -0.05) is 25.8 Å². The lowest BCUT2D eigenvalue weighted by Crippen LogP contribution is -2.22. The molecule has 1 saturated heterocycles. The third-order valence-electron chi connectivity index (χ3n) is 3.01. The molecule has 0 N–H and O–H groups in total. The second-order valence-electron chi connectivity index (χ2n) is 4.45. The molecule has 1 unspecified atom stereocenters. The van der Waals surface area contributed by atoms with E-state index in [0.29, 0.717) is 19.8 Å². The predicted octanol–water partition coefficient (Wildman–Crippen LogP) is 2.90. The van der Waals surface area contributed by atoms with E-state index < -0.39 is 0 Å². The van der Waals surface area contributed by atoms with Crippen LogP contribution in [0.4, 0.5) is 0 Å². The number of nitrogens with zero attached hydrogens (tertiary/aromatic N) is 1. The third-order valence-corrected chi connectivity index (χ3v) is 3.01. The van der Waals surface area contributed by atoms with Gasteiger partial charge in [-0.2, -0.15) is 0 Å². The van der Waals surface area contributed by atoms with Crippen LogP contribution < -0.4 is 0 Å². The average Bonchev–Trinajstić information content (AvgIpc) is 2.41. The second kappa shape index (κ2) is 6.72. The van der Waals surface area contributed by atoms with Crippen LogP contribution >= 0.6 is 0 Å². The SMILES string of the molecule is CCCCCc1cccc(C2COCCO2)n1. The molecule has 1 fully saturated rings. The van der Waals surface area contributed by atoms with Crippen molar-refractivity contribution in [2.75, 3.05) is 19.8 Å². The molecule has 3 heteroatoms. The summed E-state index contributed by atoms with van der Waals surface area (Å²) in [5, 5.41) is 0. The van der Waals surface area contributed by atoms with Gasteiger partial charge in [-0.15, -0.1) is 0 Å². The highest BCUT2D eigenvalue weighted by Gasteiger charge is 2.17. The minimum atomic E-state index is 0.0230. The van der Waals surface area contributed by atoms with Gasteiger partial charge in [0, 0.05) is 5.69 Å². The summed E-state index contributed by atoms with van der Waals surface area (Å²) >= 11 is 0. The van der Waals surface area contributed by atoms with E-state index in [9.17, 15) is 0 Å². The van der Waals surface area contributed by atoms with E-state index in [4.69, 9.17) is 9.47 Å². The van der Waals surface area contributed by atoms with Gasteiger partial charge in [-0.05, 0) is 25.0 Å². The molecule has 3 nitrogen and oxygen atoms in total. The van der Waals surface area contributed by atoms with Gasteiger partial charge in [0.15, 0.2) is 0 Å². The number of ether oxygens (including phenoxy) is 2. The zero-order chi connectivity index (χ0) is 11.9. The molecule has 0 spiro atoms. The molecule has 1 aromatic rings. The van der Waals surface area contributed by atoms with Crippen LogP contribution in [0.25, 0.3) is 0 Å². The van der Waals surface area contributed by atoms with Crippen LogP contribution in [0.2, 0.25) is 0 Å². The number of pyridine rings is 1. The van der Waals surface area contributed by atoms with E-state index in [1.54, 1.807) is 0 Å². The molecule has 1 aliphatic heterocycles. The van der Waals surface area contributed by atoms with Crippen LogP contribution in [0, 0.1) is 0 Å². The van der Waals surface area contributed by atoms with Crippen molar-refractivity contribution in [3.63, 3.8) is 0 Å². The van der Waals surface area contributed by atoms with Crippen LogP contribution in [-0.2, 0) is 15.9 Å². The molecule has 0 aromatic carbocycles. The largest absolute Gasteiger partial charge is 0.376 e. The summed E-state index contributed by atoms with van der Waals surface area (Å²) in [7, 11) is 0. The van der Waals surface area contributed by atoms with Crippen LogP contribution in [-0.4, -0.2) is 24.8 Å². The lowest BCUT2D eigenvalue weighted by atomic mass is 10.1. The molecule has 1 atom stereocenters. The normalized spacial score (nSPS) is 20.4. The van der Waals surface area contributed by atoms with Crippen molar-refractivity contribution < 1.29 is 9.47 Å². The number of hydrogen-bond donors (Lipinski definition) is 0. The maximum absolute atomic E-state index is 5.66.